The first-order valence-corrected chi connectivity index (χ1v) is 10.6. The van der Waals surface area contributed by atoms with E-state index in [1.807, 2.05) is 0 Å². The standard InChI is InChI=1S/C20H35N3O9/c1-11-8-17(29)23(20(11)32)7-6-15(27)21-12(2)4-5-16(28)22(3)9-13(25)18(30)19(31)14(26)10-24/h11-14,18-19,24-26,30-31H,4-10H2,1-3H3,(H,21,27). The Labute approximate surface area is 186 Å². The zero-order chi connectivity index (χ0) is 24.6. The van der Waals surface area contributed by atoms with Crippen LogP contribution in [0.15, 0.2) is 0 Å². The van der Waals surface area contributed by atoms with Crippen LogP contribution in [0.4, 0.5) is 0 Å². The quantitative estimate of drug-likeness (QED) is 0.155. The van der Waals surface area contributed by atoms with Gasteiger partial charge in [0, 0.05) is 51.4 Å². The Kier molecular flexibility index (Phi) is 11.2. The van der Waals surface area contributed by atoms with Crippen molar-refractivity contribution in [2.75, 3.05) is 26.7 Å². The van der Waals surface area contributed by atoms with E-state index < -0.39 is 31.0 Å². The van der Waals surface area contributed by atoms with Gasteiger partial charge < -0.3 is 35.7 Å². The number of carbonyl (C=O) groups is 4. The van der Waals surface area contributed by atoms with Gasteiger partial charge in [-0.3, -0.25) is 24.1 Å². The molecule has 1 heterocycles. The summed E-state index contributed by atoms with van der Waals surface area (Å²) in [5.74, 6) is -1.67. The lowest BCUT2D eigenvalue weighted by Gasteiger charge is -2.28. The molecule has 6 unspecified atom stereocenters. The Hall–Kier alpha value is -2.12. The third-order valence-electron chi connectivity index (χ3n) is 5.44. The summed E-state index contributed by atoms with van der Waals surface area (Å²) in [5, 5.41) is 50.2. The number of hydrogen-bond acceptors (Lipinski definition) is 9. The predicted octanol–water partition coefficient (Wildman–Crippen LogP) is -3.05. The molecule has 1 aliphatic rings. The average molecular weight is 462 g/mol. The van der Waals surface area contributed by atoms with Crippen molar-refractivity contribution >= 4 is 23.6 Å². The van der Waals surface area contributed by atoms with Crippen molar-refractivity contribution in [1.29, 1.82) is 0 Å². The number of nitrogens with one attached hydrogen (secondary N) is 1. The van der Waals surface area contributed by atoms with Gasteiger partial charge in [0.15, 0.2) is 0 Å². The second kappa shape index (κ2) is 12.8. The molecule has 1 fully saturated rings. The molecule has 6 N–H and O–H groups in total. The normalized spacial score (nSPS) is 21.1. The van der Waals surface area contributed by atoms with E-state index in [-0.39, 0.29) is 74.4 Å². The summed E-state index contributed by atoms with van der Waals surface area (Å²) in [5.41, 5.74) is 0. The lowest BCUT2D eigenvalue weighted by Crippen LogP contribution is -2.50. The Morgan fingerprint density at radius 1 is 1.12 bits per heavy atom. The van der Waals surface area contributed by atoms with Crippen molar-refractivity contribution in [3.63, 3.8) is 0 Å². The van der Waals surface area contributed by atoms with E-state index in [0.717, 1.165) is 9.80 Å². The maximum absolute atomic E-state index is 12.2. The maximum Gasteiger partial charge on any atom is 0.232 e. The fourth-order valence-electron chi connectivity index (χ4n) is 3.30. The largest absolute Gasteiger partial charge is 0.394 e. The van der Waals surface area contributed by atoms with E-state index >= 15 is 0 Å². The summed E-state index contributed by atoms with van der Waals surface area (Å²) >= 11 is 0. The van der Waals surface area contributed by atoms with Crippen LogP contribution in [-0.2, 0) is 19.2 Å². The molecule has 0 aromatic carbocycles. The molecule has 4 amide bonds. The summed E-state index contributed by atoms with van der Waals surface area (Å²) in [7, 11) is 1.39. The second-order valence-electron chi connectivity index (χ2n) is 8.32. The van der Waals surface area contributed by atoms with Gasteiger partial charge in [-0.25, -0.2) is 0 Å². The van der Waals surface area contributed by atoms with Crippen molar-refractivity contribution < 1.29 is 44.7 Å². The fourth-order valence-corrected chi connectivity index (χ4v) is 3.30. The number of imide groups is 1. The first kappa shape index (κ1) is 27.9. The van der Waals surface area contributed by atoms with Crippen LogP contribution in [0.2, 0.25) is 0 Å². The molecule has 184 valence electrons. The van der Waals surface area contributed by atoms with Crippen LogP contribution in [0, 0.1) is 5.92 Å². The highest BCUT2D eigenvalue weighted by atomic mass is 16.4. The minimum atomic E-state index is -1.77. The lowest BCUT2D eigenvalue weighted by atomic mass is 10.0. The molecule has 0 aromatic rings. The molecule has 0 bridgehead atoms. The number of aliphatic hydroxyl groups is 5. The third kappa shape index (κ3) is 8.10. The fraction of sp³-hybridized carbons (Fsp3) is 0.800. The van der Waals surface area contributed by atoms with Crippen LogP contribution < -0.4 is 5.32 Å². The van der Waals surface area contributed by atoms with E-state index in [2.05, 4.69) is 5.32 Å². The summed E-state index contributed by atoms with van der Waals surface area (Å²) in [6.07, 6.45) is -6.27. The van der Waals surface area contributed by atoms with Gasteiger partial charge in [0.1, 0.15) is 24.4 Å². The van der Waals surface area contributed by atoms with Crippen LogP contribution in [-0.4, -0.2) is 116 Å². The van der Waals surface area contributed by atoms with Gasteiger partial charge in [-0.15, -0.1) is 0 Å². The number of likely N-dealkylation sites (N-methyl/N-ethyl adjacent to an activating group) is 1. The van der Waals surface area contributed by atoms with E-state index in [0.29, 0.717) is 0 Å². The molecule has 6 atom stereocenters. The minimum absolute atomic E-state index is 0.0132. The number of rotatable bonds is 13. The molecule has 0 radical (unpaired) electrons. The predicted molar refractivity (Wildman–Crippen MR) is 111 cm³/mol. The van der Waals surface area contributed by atoms with E-state index in [4.69, 9.17) is 5.11 Å². The van der Waals surface area contributed by atoms with E-state index in [1.165, 1.54) is 7.05 Å². The van der Waals surface area contributed by atoms with Gasteiger partial charge in [0.2, 0.25) is 23.6 Å². The molecule has 1 rings (SSSR count). The molecule has 0 aromatic heterocycles. The number of hydrogen-bond donors (Lipinski definition) is 6. The zero-order valence-electron chi connectivity index (χ0n) is 18.7. The van der Waals surface area contributed by atoms with Crippen LogP contribution in [0.25, 0.3) is 0 Å². The smallest absolute Gasteiger partial charge is 0.232 e. The highest BCUT2D eigenvalue weighted by Crippen LogP contribution is 2.18. The Morgan fingerprint density at radius 3 is 2.25 bits per heavy atom. The number of likely N-dealkylation sites (tertiary alicyclic amines) is 1. The number of nitrogens with zero attached hydrogens (tertiary/aromatic N) is 2. The topological polar surface area (TPSA) is 188 Å². The Balaban J connectivity index is 2.36. The van der Waals surface area contributed by atoms with Gasteiger partial charge in [0.25, 0.3) is 0 Å². The summed E-state index contributed by atoms with van der Waals surface area (Å²) in [6.45, 7) is 2.26. The molecular formula is C20H35N3O9. The third-order valence-corrected chi connectivity index (χ3v) is 5.44. The van der Waals surface area contributed by atoms with E-state index in [1.54, 1.807) is 13.8 Å². The zero-order valence-corrected chi connectivity index (χ0v) is 18.7. The first-order chi connectivity index (χ1) is 14.9. The molecule has 0 aliphatic carbocycles. The van der Waals surface area contributed by atoms with Crippen molar-refractivity contribution in [2.24, 2.45) is 5.92 Å². The highest BCUT2D eigenvalue weighted by molar-refractivity contribution is 6.03. The van der Waals surface area contributed by atoms with Gasteiger partial charge in [0.05, 0.1) is 6.61 Å². The molecular weight excluding hydrogens is 426 g/mol. The molecule has 0 spiro atoms. The van der Waals surface area contributed by atoms with Crippen molar-refractivity contribution in [1.82, 2.24) is 15.1 Å². The number of aliphatic hydroxyl groups excluding tert-OH is 5. The Morgan fingerprint density at radius 2 is 1.72 bits per heavy atom. The molecule has 32 heavy (non-hydrogen) atoms. The van der Waals surface area contributed by atoms with Gasteiger partial charge in [-0.05, 0) is 13.3 Å². The summed E-state index contributed by atoms with van der Waals surface area (Å²) in [4.78, 5) is 50.1. The van der Waals surface area contributed by atoms with Gasteiger partial charge in [-0.2, -0.15) is 0 Å². The van der Waals surface area contributed by atoms with Crippen LogP contribution in [0.5, 0.6) is 0 Å². The summed E-state index contributed by atoms with van der Waals surface area (Å²) in [6, 6.07) is -0.360. The van der Waals surface area contributed by atoms with Crippen molar-refractivity contribution in [3.05, 3.63) is 0 Å². The van der Waals surface area contributed by atoms with Crippen LogP contribution in [0.3, 0.4) is 0 Å². The van der Waals surface area contributed by atoms with Crippen LogP contribution in [0.1, 0.15) is 39.5 Å². The summed E-state index contributed by atoms with van der Waals surface area (Å²) < 4.78 is 0. The van der Waals surface area contributed by atoms with Crippen LogP contribution >= 0.6 is 0 Å². The molecule has 0 saturated carbocycles. The van der Waals surface area contributed by atoms with Gasteiger partial charge in [-0.1, -0.05) is 6.92 Å². The molecule has 12 heteroatoms. The highest BCUT2D eigenvalue weighted by Gasteiger charge is 2.35. The lowest BCUT2D eigenvalue weighted by molar-refractivity contribution is -0.140. The minimum Gasteiger partial charge on any atom is -0.394 e. The molecule has 12 nitrogen and oxygen atoms in total. The molecule has 1 saturated heterocycles. The second-order valence-corrected chi connectivity index (χ2v) is 8.32. The SMILES string of the molecule is CC(CCC(=O)N(C)CC(O)C(O)C(O)C(O)CO)NC(=O)CCN1C(=O)CC(C)C1=O. The maximum atomic E-state index is 12.2. The Bertz CT molecular complexity index is 675. The van der Waals surface area contributed by atoms with Crippen molar-refractivity contribution in [2.45, 2.75) is 70.0 Å². The average Bonchev–Trinajstić information content (AvgIpc) is 2.99. The monoisotopic (exact) mass is 461 g/mol. The van der Waals surface area contributed by atoms with E-state index in [9.17, 15) is 39.6 Å². The number of amides is 4. The van der Waals surface area contributed by atoms with Crippen molar-refractivity contribution in [3.8, 4) is 0 Å². The first-order valence-electron chi connectivity index (χ1n) is 10.6. The van der Waals surface area contributed by atoms with Gasteiger partial charge >= 0.3 is 0 Å². The molecule has 1 aliphatic heterocycles. The number of carbonyl (C=O) groups excluding carboxylic acids is 4.